The largest absolute Gasteiger partial charge is 0.449 e. The first-order valence-corrected chi connectivity index (χ1v) is 5.22. The van der Waals surface area contributed by atoms with Gasteiger partial charge in [0, 0.05) is 3.57 Å². The topological polar surface area (TPSA) is 45.8 Å². The molecule has 0 aliphatic rings. The predicted molar refractivity (Wildman–Crippen MR) is 60.1 cm³/mol. The third-order valence-corrected chi connectivity index (χ3v) is 2.61. The zero-order chi connectivity index (χ0) is 11.9. The molecule has 0 aliphatic heterocycles. The standard InChI is InChI=1S/C9H4F3IN2O/c10-9(11,12)8-14-6-3-4(13)1-2-5(6)7(16)15-8/h1-3H,(H,14,15,16). The van der Waals surface area contributed by atoms with Crippen LogP contribution in [0.2, 0.25) is 0 Å². The molecule has 0 saturated heterocycles. The Morgan fingerprint density at radius 3 is 2.62 bits per heavy atom. The minimum atomic E-state index is -4.64. The molecule has 0 amide bonds. The van der Waals surface area contributed by atoms with Crippen molar-refractivity contribution in [3.8, 4) is 0 Å². The third kappa shape index (κ3) is 2.04. The number of rotatable bonds is 0. The van der Waals surface area contributed by atoms with E-state index in [0.717, 1.165) is 3.57 Å². The minimum absolute atomic E-state index is 0.0444. The molecule has 1 aromatic heterocycles. The summed E-state index contributed by atoms with van der Waals surface area (Å²) >= 11 is 1.94. The van der Waals surface area contributed by atoms with Gasteiger partial charge in [0.2, 0.25) is 5.82 Å². The number of H-pyrrole nitrogens is 1. The van der Waals surface area contributed by atoms with Crippen molar-refractivity contribution in [2.75, 3.05) is 0 Å². The van der Waals surface area contributed by atoms with Crippen LogP contribution >= 0.6 is 22.6 Å². The lowest BCUT2D eigenvalue weighted by molar-refractivity contribution is -0.144. The van der Waals surface area contributed by atoms with E-state index < -0.39 is 17.6 Å². The second-order valence-corrected chi connectivity index (χ2v) is 4.32. The van der Waals surface area contributed by atoms with E-state index in [-0.39, 0.29) is 10.9 Å². The van der Waals surface area contributed by atoms with Crippen LogP contribution < -0.4 is 5.56 Å². The first-order chi connectivity index (χ1) is 7.38. The predicted octanol–water partition coefficient (Wildman–Crippen LogP) is 2.55. The fourth-order valence-corrected chi connectivity index (χ4v) is 1.72. The molecule has 0 fully saturated rings. The Bertz CT molecular complexity index is 606. The normalized spacial score (nSPS) is 12.0. The van der Waals surface area contributed by atoms with Gasteiger partial charge in [0.05, 0.1) is 10.9 Å². The third-order valence-electron chi connectivity index (χ3n) is 1.94. The van der Waals surface area contributed by atoms with Gasteiger partial charge in [-0.25, -0.2) is 4.98 Å². The number of nitrogens with one attached hydrogen (secondary N) is 1. The van der Waals surface area contributed by atoms with E-state index >= 15 is 0 Å². The molecule has 2 rings (SSSR count). The van der Waals surface area contributed by atoms with Crippen LogP contribution in [-0.4, -0.2) is 9.97 Å². The summed E-state index contributed by atoms with van der Waals surface area (Å²) in [5, 5.41) is 0.147. The van der Waals surface area contributed by atoms with Gasteiger partial charge in [-0.3, -0.25) is 4.79 Å². The molecule has 84 valence electrons. The Morgan fingerprint density at radius 1 is 1.31 bits per heavy atom. The summed E-state index contributed by atoms with van der Waals surface area (Å²) in [5.41, 5.74) is -0.739. The molecule has 3 nitrogen and oxygen atoms in total. The Balaban J connectivity index is 2.80. The second-order valence-electron chi connectivity index (χ2n) is 3.07. The summed E-state index contributed by atoms with van der Waals surface area (Å²) in [6.45, 7) is 0. The van der Waals surface area contributed by atoms with Gasteiger partial charge in [0.15, 0.2) is 0 Å². The molecule has 0 bridgehead atoms. The first-order valence-electron chi connectivity index (χ1n) is 4.15. The van der Waals surface area contributed by atoms with Crippen LogP contribution in [0, 0.1) is 3.57 Å². The van der Waals surface area contributed by atoms with Gasteiger partial charge < -0.3 is 4.98 Å². The summed E-state index contributed by atoms with van der Waals surface area (Å²) in [4.78, 5) is 16.5. The van der Waals surface area contributed by atoms with Gasteiger partial charge in [-0.1, -0.05) is 0 Å². The molecule has 0 atom stereocenters. The van der Waals surface area contributed by atoms with Gasteiger partial charge in [-0.2, -0.15) is 13.2 Å². The van der Waals surface area contributed by atoms with Crippen molar-refractivity contribution < 1.29 is 13.2 Å². The SMILES string of the molecule is O=c1[nH]c(C(F)(F)F)nc2cc(I)ccc12. The Hall–Kier alpha value is -1.12. The number of alkyl halides is 3. The molecule has 16 heavy (non-hydrogen) atoms. The highest BCUT2D eigenvalue weighted by Crippen LogP contribution is 2.26. The maximum atomic E-state index is 12.4. The van der Waals surface area contributed by atoms with E-state index in [9.17, 15) is 18.0 Å². The van der Waals surface area contributed by atoms with E-state index in [0.29, 0.717) is 0 Å². The average Bonchev–Trinajstić information content (AvgIpc) is 2.15. The lowest BCUT2D eigenvalue weighted by Gasteiger charge is -2.06. The van der Waals surface area contributed by atoms with Crippen molar-refractivity contribution in [3.63, 3.8) is 0 Å². The molecule has 2 aromatic rings. The molecule has 1 N–H and O–H groups in total. The fourth-order valence-electron chi connectivity index (χ4n) is 1.25. The van der Waals surface area contributed by atoms with Crippen LogP contribution in [-0.2, 0) is 6.18 Å². The number of aromatic nitrogens is 2. The molecule has 7 heteroatoms. The zero-order valence-corrected chi connectivity index (χ0v) is 9.76. The smallest absolute Gasteiger partial charge is 0.302 e. The lowest BCUT2D eigenvalue weighted by Crippen LogP contribution is -2.19. The van der Waals surface area contributed by atoms with Gasteiger partial charge in [-0.05, 0) is 40.8 Å². The quantitative estimate of drug-likeness (QED) is 0.750. The molecule has 1 aromatic carbocycles. The van der Waals surface area contributed by atoms with Crippen LogP contribution in [0.3, 0.4) is 0 Å². The monoisotopic (exact) mass is 340 g/mol. The van der Waals surface area contributed by atoms with E-state index in [4.69, 9.17) is 0 Å². The van der Waals surface area contributed by atoms with Crippen LogP contribution in [0.1, 0.15) is 5.82 Å². The number of nitrogens with zero attached hydrogens (tertiary/aromatic N) is 1. The molecular weight excluding hydrogens is 336 g/mol. The van der Waals surface area contributed by atoms with E-state index in [1.807, 2.05) is 22.6 Å². The zero-order valence-electron chi connectivity index (χ0n) is 7.60. The van der Waals surface area contributed by atoms with Crippen LogP contribution in [0.4, 0.5) is 13.2 Å². The highest BCUT2D eigenvalue weighted by atomic mass is 127. The average molecular weight is 340 g/mol. The van der Waals surface area contributed by atoms with Gasteiger partial charge in [0.1, 0.15) is 0 Å². The molecule has 0 radical (unpaired) electrons. The molecule has 0 saturated carbocycles. The maximum Gasteiger partial charge on any atom is 0.449 e. The van der Waals surface area contributed by atoms with Gasteiger partial charge >= 0.3 is 6.18 Å². The molecule has 1 heterocycles. The van der Waals surface area contributed by atoms with Gasteiger partial charge in [0.25, 0.3) is 5.56 Å². The molecular formula is C9H4F3IN2O. The highest BCUT2D eigenvalue weighted by molar-refractivity contribution is 14.1. The Morgan fingerprint density at radius 2 is 2.00 bits per heavy atom. The number of hydrogen-bond acceptors (Lipinski definition) is 2. The summed E-state index contributed by atoms with van der Waals surface area (Å²) in [5.74, 6) is -1.27. The van der Waals surface area contributed by atoms with E-state index in [1.54, 1.807) is 11.1 Å². The van der Waals surface area contributed by atoms with Gasteiger partial charge in [-0.15, -0.1) is 0 Å². The number of benzene rings is 1. The number of halogens is 4. The van der Waals surface area contributed by atoms with Crippen LogP contribution in [0.25, 0.3) is 10.9 Å². The van der Waals surface area contributed by atoms with Crippen molar-refractivity contribution in [1.29, 1.82) is 0 Å². The van der Waals surface area contributed by atoms with Crippen molar-refractivity contribution in [3.05, 3.63) is 37.9 Å². The highest BCUT2D eigenvalue weighted by Gasteiger charge is 2.34. The fraction of sp³-hybridized carbons (Fsp3) is 0.111. The molecule has 0 spiro atoms. The van der Waals surface area contributed by atoms with E-state index in [1.165, 1.54) is 12.1 Å². The van der Waals surface area contributed by atoms with Crippen molar-refractivity contribution in [2.24, 2.45) is 0 Å². The molecule has 0 aliphatic carbocycles. The Kier molecular flexibility index (Phi) is 2.64. The van der Waals surface area contributed by atoms with Crippen LogP contribution in [0.5, 0.6) is 0 Å². The first kappa shape index (κ1) is 11.4. The maximum absolute atomic E-state index is 12.4. The lowest BCUT2D eigenvalue weighted by atomic mass is 10.2. The summed E-state index contributed by atoms with van der Waals surface area (Å²) in [7, 11) is 0. The summed E-state index contributed by atoms with van der Waals surface area (Å²) in [6, 6.07) is 4.51. The number of fused-ring (bicyclic) bond motifs is 1. The van der Waals surface area contributed by atoms with Crippen LogP contribution in [0.15, 0.2) is 23.0 Å². The Labute approximate surface area is 101 Å². The molecule has 0 unspecified atom stereocenters. The summed E-state index contributed by atoms with van der Waals surface area (Å²) < 4.78 is 37.8. The van der Waals surface area contributed by atoms with Crippen molar-refractivity contribution in [2.45, 2.75) is 6.18 Å². The minimum Gasteiger partial charge on any atom is -0.302 e. The van der Waals surface area contributed by atoms with Crippen molar-refractivity contribution >= 4 is 33.5 Å². The second kappa shape index (κ2) is 3.72. The van der Waals surface area contributed by atoms with Crippen molar-refractivity contribution in [1.82, 2.24) is 9.97 Å². The van der Waals surface area contributed by atoms with E-state index in [2.05, 4.69) is 4.98 Å². The number of hydrogen-bond donors (Lipinski definition) is 1. The summed E-state index contributed by atoms with van der Waals surface area (Å²) in [6.07, 6.45) is -4.64. The number of aromatic amines is 1.